The molecule has 0 aliphatic heterocycles. The van der Waals surface area contributed by atoms with Crippen molar-refractivity contribution in [1.82, 2.24) is 19.7 Å². The normalized spacial score (nSPS) is 11.8. The summed E-state index contributed by atoms with van der Waals surface area (Å²) in [5, 5.41) is 6.95. The maximum Gasteiger partial charge on any atom is 0.225 e. The lowest BCUT2D eigenvalue weighted by molar-refractivity contribution is 0.544. The molecule has 0 fully saturated rings. The zero-order valence-electron chi connectivity index (χ0n) is 7.43. The van der Waals surface area contributed by atoms with E-state index in [9.17, 15) is 8.42 Å². The highest BCUT2D eigenvalue weighted by Gasteiger charge is 2.05. The fourth-order valence-electron chi connectivity index (χ4n) is 0.859. The van der Waals surface area contributed by atoms with Gasteiger partial charge in [-0.15, -0.1) is 16.7 Å². The van der Waals surface area contributed by atoms with Gasteiger partial charge in [0.15, 0.2) is 0 Å². The fraction of sp³-hybridized carbons (Fsp3) is 0.667. The smallest absolute Gasteiger partial charge is 0.225 e. The SMILES string of the molecule is O=S(=O)(CCl)NCCCn1ccnn1. The second kappa shape index (κ2) is 5.28. The van der Waals surface area contributed by atoms with Crippen LogP contribution in [0.2, 0.25) is 0 Å². The van der Waals surface area contributed by atoms with Gasteiger partial charge < -0.3 is 0 Å². The maximum atomic E-state index is 10.9. The molecule has 0 unspecified atom stereocenters. The number of sulfonamides is 1. The molecule has 0 spiro atoms. The van der Waals surface area contributed by atoms with Crippen LogP contribution in [0.5, 0.6) is 0 Å². The first-order chi connectivity index (χ1) is 6.64. The monoisotopic (exact) mass is 238 g/mol. The molecule has 0 saturated heterocycles. The summed E-state index contributed by atoms with van der Waals surface area (Å²) in [5.74, 6) is 0. The van der Waals surface area contributed by atoms with E-state index >= 15 is 0 Å². The van der Waals surface area contributed by atoms with Crippen molar-refractivity contribution in [2.45, 2.75) is 13.0 Å². The molecule has 1 aromatic heterocycles. The number of nitrogens with zero attached hydrogens (tertiary/aromatic N) is 3. The first-order valence-corrected chi connectivity index (χ1v) is 6.20. The highest BCUT2D eigenvalue weighted by atomic mass is 35.5. The number of hydrogen-bond donors (Lipinski definition) is 1. The van der Waals surface area contributed by atoms with Gasteiger partial charge in [-0.3, -0.25) is 4.68 Å². The standard InChI is InChI=1S/C6H11ClN4O2S/c7-6-14(12,13)9-2-1-4-11-5-3-8-10-11/h3,5,9H,1-2,4,6H2. The molecule has 0 aliphatic carbocycles. The van der Waals surface area contributed by atoms with Crippen LogP contribution in [-0.2, 0) is 16.6 Å². The van der Waals surface area contributed by atoms with Crippen LogP contribution in [0.3, 0.4) is 0 Å². The highest BCUT2D eigenvalue weighted by molar-refractivity contribution is 7.90. The van der Waals surface area contributed by atoms with Crippen molar-refractivity contribution in [2.75, 3.05) is 11.8 Å². The summed E-state index contributed by atoms with van der Waals surface area (Å²) in [4.78, 5) is 0. The van der Waals surface area contributed by atoms with Gasteiger partial charge in [0.2, 0.25) is 10.0 Å². The first-order valence-electron chi connectivity index (χ1n) is 4.01. The average molecular weight is 239 g/mol. The van der Waals surface area contributed by atoms with Gasteiger partial charge in [-0.25, -0.2) is 13.1 Å². The van der Waals surface area contributed by atoms with Gasteiger partial charge in [0.1, 0.15) is 5.21 Å². The van der Waals surface area contributed by atoms with Gasteiger partial charge in [0.05, 0.1) is 6.20 Å². The van der Waals surface area contributed by atoms with Crippen molar-refractivity contribution in [2.24, 2.45) is 0 Å². The molecule has 0 bridgehead atoms. The molecule has 1 aromatic rings. The van der Waals surface area contributed by atoms with E-state index in [4.69, 9.17) is 11.6 Å². The van der Waals surface area contributed by atoms with E-state index in [2.05, 4.69) is 15.0 Å². The molecule has 0 amide bonds. The number of aryl methyl sites for hydroxylation is 1. The molecule has 80 valence electrons. The number of halogens is 1. The minimum Gasteiger partial charge on any atom is -0.253 e. The third-order valence-electron chi connectivity index (χ3n) is 1.50. The molecule has 0 aromatic carbocycles. The summed E-state index contributed by atoms with van der Waals surface area (Å²) in [5.41, 5.74) is 0. The lowest BCUT2D eigenvalue weighted by Gasteiger charge is -2.02. The molecule has 0 aliphatic rings. The Kier molecular flexibility index (Phi) is 4.30. The Hall–Kier alpha value is -0.660. The van der Waals surface area contributed by atoms with E-state index in [-0.39, 0.29) is 0 Å². The van der Waals surface area contributed by atoms with Crippen LogP contribution in [0, 0.1) is 0 Å². The van der Waals surface area contributed by atoms with Gasteiger partial charge in [-0.1, -0.05) is 5.21 Å². The van der Waals surface area contributed by atoms with E-state index in [1.807, 2.05) is 0 Å². The Morgan fingerprint density at radius 2 is 2.29 bits per heavy atom. The molecular formula is C6H11ClN4O2S. The van der Waals surface area contributed by atoms with Crippen LogP contribution in [-0.4, -0.2) is 35.2 Å². The molecule has 0 radical (unpaired) electrons. The molecule has 14 heavy (non-hydrogen) atoms. The zero-order valence-corrected chi connectivity index (χ0v) is 9.00. The second-order valence-corrected chi connectivity index (χ2v) is 5.03. The number of aromatic nitrogens is 3. The van der Waals surface area contributed by atoms with E-state index in [1.165, 1.54) is 0 Å². The maximum absolute atomic E-state index is 10.9. The molecule has 1 N–H and O–H groups in total. The quantitative estimate of drug-likeness (QED) is 0.549. The van der Waals surface area contributed by atoms with E-state index in [0.29, 0.717) is 19.5 Å². The Bertz CT molecular complexity index is 350. The summed E-state index contributed by atoms with van der Waals surface area (Å²) in [6.07, 6.45) is 3.94. The predicted octanol–water partition coefficient (Wildman–Crippen LogP) is -0.216. The zero-order chi connectivity index (χ0) is 10.4. The Morgan fingerprint density at radius 1 is 1.50 bits per heavy atom. The van der Waals surface area contributed by atoms with Crippen LogP contribution in [0.1, 0.15) is 6.42 Å². The predicted molar refractivity (Wildman–Crippen MR) is 52.3 cm³/mol. The van der Waals surface area contributed by atoms with Crippen molar-refractivity contribution < 1.29 is 8.42 Å². The third kappa shape index (κ3) is 4.03. The molecular weight excluding hydrogens is 228 g/mol. The lowest BCUT2D eigenvalue weighted by atomic mass is 10.4. The van der Waals surface area contributed by atoms with Crippen LogP contribution < -0.4 is 4.72 Å². The van der Waals surface area contributed by atoms with Gasteiger partial charge >= 0.3 is 0 Å². The minimum atomic E-state index is -3.29. The highest BCUT2D eigenvalue weighted by Crippen LogP contribution is 1.90. The number of nitrogens with one attached hydrogen (secondary N) is 1. The largest absolute Gasteiger partial charge is 0.253 e. The van der Waals surface area contributed by atoms with Crippen LogP contribution in [0.15, 0.2) is 12.4 Å². The second-order valence-electron chi connectivity index (χ2n) is 2.64. The molecule has 1 rings (SSSR count). The number of rotatable bonds is 6. The van der Waals surface area contributed by atoms with Gasteiger partial charge in [0.25, 0.3) is 0 Å². The minimum absolute atomic E-state index is 0.356. The summed E-state index contributed by atoms with van der Waals surface area (Å²) < 4.78 is 25.7. The molecule has 1 heterocycles. The van der Waals surface area contributed by atoms with Crippen molar-refractivity contribution >= 4 is 21.6 Å². The van der Waals surface area contributed by atoms with Crippen molar-refractivity contribution in [1.29, 1.82) is 0 Å². The van der Waals surface area contributed by atoms with Crippen molar-refractivity contribution in [3.05, 3.63) is 12.4 Å². The molecule has 0 saturated carbocycles. The molecule has 6 nitrogen and oxygen atoms in total. The van der Waals surface area contributed by atoms with E-state index in [0.717, 1.165) is 0 Å². The summed E-state index contributed by atoms with van der Waals surface area (Å²) in [6, 6.07) is 0. The van der Waals surface area contributed by atoms with Gasteiger partial charge in [0, 0.05) is 19.3 Å². The van der Waals surface area contributed by atoms with Crippen molar-refractivity contribution in [3.8, 4) is 0 Å². The Balaban J connectivity index is 2.17. The summed E-state index contributed by atoms with van der Waals surface area (Å²) in [6.45, 7) is 0.986. The number of alkyl halides is 1. The van der Waals surface area contributed by atoms with Crippen molar-refractivity contribution in [3.63, 3.8) is 0 Å². The molecule has 8 heteroatoms. The fourth-order valence-corrected chi connectivity index (χ4v) is 1.62. The molecule has 0 atom stereocenters. The Labute approximate surface area is 87.3 Å². The average Bonchev–Trinajstić information content (AvgIpc) is 2.65. The number of hydrogen-bond acceptors (Lipinski definition) is 4. The summed E-state index contributed by atoms with van der Waals surface area (Å²) in [7, 11) is -3.29. The topological polar surface area (TPSA) is 76.9 Å². The Morgan fingerprint density at radius 3 is 2.86 bits per heavy atom. The third-order valence-corrected chi connectivity index (χ3v) is 3.29. The van der Waals surface area contributed by atoms with Crippen LogP contribution in [0.25, 0.3) is 0 Å². The van der Waals surface area contributed by atoms with E-state index in [1.54, 1.807) is 17.1 Å². The summed E-state index contributed by atoms with van der Waals surface area (Å²) >= 11 is 5.19. The van der Waals surface area contributed by atoms with Gasteiger partial charge in [-0.05, 0) is 6.42 Å². The van der Waals surface area contributed by atoms with E-state index < -0.39 is 15.2 Å². The van der Waals surface area contributed by atoms with Crippen LogP contribution >= 0.6 is 11.6 Å². The first kappa shape index (κ1) is 11.4. The van der Waals surface area contributed by atoms with Crippen LogP contribution in [0.4, 0.5) is 0 Å². The lowest BCUT2D eigenvalue weighted by Crippen LogP contribution is -2.26. The van der Waals surface area contributed by atoms with Gasteiger partial charge in [-0.2, -0.15) is 0 Å².